The summed E-state index contributed by atoms with van der Waals surface area (Å²) in [4.78, 5) is 14.3. The Bertz CT molecular complexity index is 825. The summed E-state index contributed by atoms with van der Waals surface area (Å²) in [5, 5.41) is 0. The number of nitrogens with zero attached hydrogens (tertiary/aromatic N) is 1. The van der Waals surface area contributed by atoms with Crippen LogP contribution in [0.5, 0.6) is 11.5 Å². The summed E-state index contributed by atoms with van der Waals surface area (Å²) in [7, 11) is 3.35. The maximum Gasteiger partial charge on any atom is 0.231 e. The summed E-state index contributed by atoms with van der Waals surface area (Å²) in [6.07, 6.45) is 0.474. The third-order valence-electron chi connectivity index (χ3n) is 4.96. The zero-order valence-corrected chi connectivity index (χ0v) is 17.2. The molecule has 0 aliphatic heterocycles. The van der Waals surface area contributed by atoms with Gasteiger partial charge in [0.15, 0.2) is 11.5 Å². The molecular formula is C21H23Cl2NO3. The molecule has 0 radical (unpaired) electrons. The van der Waals surface area contributed by atoms with Gasteiger partial charge in [0, 0.05) is 13.6 Å². The van der Waals surface area contributed by atoms with E-state index in [0.717, 1.165) is 11.1 Å². The number of hydrogen-bond donors (Lipinski definition) is 0. The second-order valence-electron chi connectivity index (χ2n) is 7.13. The lowest BCUT2D eigenvalue weighted by Crippen LogP contribution is -2.34. The van der Waals surface area contributed by atoms with Crippen molar-refractivity contribution in [1.29, 1.82) is 0 Å². The minimum absolute atomic E-state index is 0.0594. The highest BCUT2D eigenvalue weighted by Crippen LogP contribution is 2.64. The topological polar surface area (TPSA) is 38.8 Å². The Kier molecular flexibility index (Phi) is 5.59. The van der Waals surface area contributed by atoms with Crippen molar-refractivity contribution in [1.82, 2.24) is 4.90 Å². The van der Waals surface area contributed by atoms with Crippen LogP contribution in [0.15, 0.2) is 48.5 Å². The molecule has 0 spiro atoms. The lowest BCUT2D eigenvalue weighted by molar-refractivity contribution is -0.135. The molecule has 1 aliphatic rings. The van der Waals surface area contributed by atoms with E-state index in [9.17, 15) is 4.79 Å². The van der Waals surface area contributed by atoms with Gasteiger partial charge < -0.3 is 14.4 Å². The van der Waals surface area contributed by atoms with Crippen molar-refractivity contribution in [3.63, 3.8) is 0 Å². The van der Waals surface area contributed by atoms with Gasteiger partial charge >= 0.3 is 0 Å². The molecule has 2 aromatic carbocycles. The van der Waals surface area contributed by atoms with E-state index in [0.29, 0.717) is 31.1 Å². The summed E-state index contributed by atoms with van der Waals surface area (Å²) in [6.45, 7) is 2.70. The smallest absolute Gasteiger partial charge is 0.231 e. The number of halogens is 2. The van der Waals surface area contributed by atoms with E-state index < -0.39 is 9.75 Å². The van der Waals surface area contributed by atoms with Crippen LogP contribution in [-0.4, -0.2) is 29.3 Å². The standard InChI is InChI=1S/C21H23Cl2NO3/c1-20(14-21(20,22)23)19(25)24(2)12-16-9-10-17(18(11-16)26-3)27-13-15-7-5-4-6-8-15/h4-11H,12-14H2,1-3H3. The molecule has 1 aliphatic carbocycles. The predicted octanol–water partition coefficient (Wildman–Crippen LogP) is 4.82. The Balaban J connectivity index is 1.66. The van der Waals surface area contributed by atoms with Crippen molar-refractivity contribution in [2.24, 2.45) is 5.41 Å². The second-order valence-corrected chi connectivity index (χ2v) is 8.62. The number of methoxy groups -OCH3 is 1. The lowest BCUT2D eigenvalue weighted by atomic mass is 10.1. The molecule has 4 nitrogen and oxygen atoms in total. The van der Waals surface area contributed by atoms with Crippen LogP contribution in [-0.2, 0) is 17.9 Å². The van der Waals surface area contributed by atoms with Crippen molar-refractivity contribution in [3.8, 4) is 11.5 Å². The average molecular weight is 408 g/mol. The lowest BCUT2D eigenvalue weighted by Gasteiger charge is -2.23. The molecule has 27 heavy (non-hydrogen) atoms. The molecule has 0 bridgehead atoms. The zero-order chi connectivity index (χ0) is 19.7. The van der Waals surface area contributed by atoms with Crippen LogP contribution in [0.4, 0.5) is 0 Å². The van der Waals surface area contributed by atoms with Crippen molar-refractivity contribution < 1.29 is 14.3 Å². The van der Waals surface area contributed by atoms with Crippen LogP contribution in [0.25, 0.3) is 0 Å². The highest BCUT2D eigenvalue weighted by atomic mass is 35.5. The number of carbonyl (C=O) groups is 1. The van der Waals surface area contributed by atoms with Crippen LogP contribution < -0.4 is 9.47 Å². The van der Waals surface area contributed by atoms with Gasteiger partial charge in [-0.1, -0.05) is 36.4 Å². The van der Waals surface area contributed by atoms with E-state index in [1.165, 1.54) is 0 Å². The molecule has 144 valence electrons. The quantitative estimate of drug-likeness (QED) is 0.617. The minimum Gasteiger partial charge on any atom is -0.493 e. The monoisotopic (exact) mass is 407 g/mol. The van der Waals surface area contributed by atoms with Gasteiger partial charge in [0.2, 0.25) is 5.91 Å². The van der Waals surface area contributed by atoms with Gasteiger partial charge in [-0.2, -0.15) is 0 Å². The first-order valence-electron chi connectivity index (χ1n) is 8.74. The Morgan fingerprint density at radius 2 is 1.78 bits per heavy atom. The Morgan fingerprint density at radius 1 is 1.11 bits per heavy atom. The molecule has 6 heteroatoms. The molecule has 1 saturated carbocycles. The molecule has 1 fully saturated rings. The summed E-state index contributed by atoms with van der Waals surface area (Å²) in [5.74, 6) is 1.23. The second kappa shape index (κ2) is 7.61. The molecule has 0 aromatic heterocycles. The van der Waals surface area contributed by atoms with Crippen molar-refractivity contribution >= 4 is 29.1 Å². The van der Waals surface area contributed by atoms with E-state index in [1.807, 2.05) is 48.5 Å². The number of hydrogen-bond acceptors (Lipinski definition) is 3. The fourth-order valence-electron chi connectivity index (χ4n) is 3.06. The van der Waals surface area contributed by atoms with E-state index in [1.54, 1.807) is 26.0 Å². The molecule has 1 unspecified atom stereocenters. The maximum atomic E-state index is 12.6. The molecule has 1 atom stereocenters. The molecule has 0 N–H and O–H groups in total. The van der Waals surface area contributed by atoms with E-state index in [2.05, 4.69) is 0 Å². The Morgan fingerprint density at radius 3 is 2.37 bits per heavy atom. The van der Waals surface area contributed by atoms with Crippen LogP contribution in [0.2, 0.25) is 0 Å². The van der Waals surface area contributed by atoms with Crippen LogP contribution >= 0.6 is 23.2 Å². The highest BCUT2D eigenvalue weighted by molar-refractivity contribution is 6.53. The Labute approximate surface area is 170 Å². The van der Waals surface area contributed by atoms with Gasteiger partial charge in [0.05, 0.1) is 12.5 Å². The van der Waals surface area contributed by atoms with Gasteiger partial charge in [0.25, 0.3) is 0 Å². The first-order chi connectivity index (χ1) is 12.8. The van der Waals surface area contributed by atoms with Gasteiger partial charge in [0.1, 0.15) is 10.9 Å². The van der Waals surface area contributed by atoms with Crippen LogP contribution in [0, 0.1) is 5.41 Å². The molecule has 2 aromatic rings. The van der Waals surface area contributed by atoms with Gasteiger partial charge in [-0.15, -0.1) is 23.2 Å². The molecule has 0 heterocycles. The number of carbonyl (C=O) groups excluding carboxylic acids is 1. The van der Waals surface area contributed by atoms with Gasteiger partial charge in [-0.25, -0.2) is 0 Å². The summed E-state index contributed by atoms with van der Waals surface area (Å²) < 4.78 is 10.4. The number of benzene rings is 2. The average Bonchev–Trinajstić information content (AvgIpc) is 3.19. The van der Waals surface area contributed by atoms with Crippen molar-refractivity contribution in [2.75, 3.05) is 14.2 Å². The predicted molar refractivity (Wildman–Crippen MR) is 107 cm³/mol. The fourth-order valence-corrected chi connectivity index (χ4v) is 3.76. The number of ether oxygens (including phenoxy) is 2. The summed E-state index contributed by atoms with van der Waals surface area (Å²) in [5.41, 5.74) is 1.30. The van der Waals surface area contributed by atoms with Crippen LogP contribution in [0.3, 0.4) is 0 Å². The third-order valence-corrected chi connectivity index (χ3v) is 6.06. The fraction of sp³-hybridized carbons (Fsp3) is 0.381. The van der Waals surface area contributed by atoms with Crippen LogP contribution in [0.1, 0.15) is 24.5 Å². The minimum atomic E-state index is -0.967. The molecule has 1 amide bonds. The van der Waals surface area contributed by atoms with E-state index in [4.69, 9.17) is 32.7 Å². The van der Waals surface area contributed by atoms with Gasteiger partial charge in [-0.3, -0.25) is 4.79 Å². The zero-order valence-electron chi connectivity index (χ0n) is 15.7. The summed E-state index contributed by atoms with van der Waals surface area (Å²) in [6, 6.07) is 15.6. The van der Waals surface area contributed by atoms with E-state index >= 15 is 0 Å². The molecule has 0 saturated heterocycles. The molecular weight excluding hydrogens is 385 g/mol. The maximum absolute atomic E-state index is 12.6. The number of rotatable bonds is 7. The normalized spacial score (nSPS) is 20.0. The van der Waals surface area contributed by atoms with Crippen molar-refractivity contribution in [2.45, 2.75) is 30.8 Å². The third kappa shape index (κ3) is 4.17. The number of amides is 1. The number of alkyl halides is 2. The first kappa shape index (κ1) is 19.8. The first-order valence-corrected chi connectivity index (χ1v) is 9.49. The van der Waals surface area contributed by atoms with E-state index in [-0.39, 0.29) is 5.91 Å². The SMILES string of the molecule is COc1cc(CN(C)C(=O)C2(C)CC2(Cl)Cl)ccc1OCc1ccccc1. The molecule has 3 rings (SSSR count). The largest absolute Gasteiger partial charge is 0.493 e. The van der Waals surface area contributed by atoms with Gasteiger partial charge in [-0.05, 0) is 36.6 Å². The summed E-state index contributed by atoms with van der Waals surface area (Å²) >= 11 is 12.3. The highest BCUT2D eigenvalue weighted by Gasteiger charge is 2.68. The Hall–Kier alpha value is -1.91. The van der Waals surface area contributed by atoms with Crippen molar-refractivity contribution in [3.05, 3.63) is 59.7 Å².